The molecule has 1 aliphatic rings. The van der Waals surface area contributed by atoms with Gasteiger partial charge in [-0.15, -0.1) is 0 Å². The summed E-state index contributed by atoms with van der Waals surface area (Å²) in [5.41, 5.74) is 4.01. The second-order valence-corrected chi connectivity index (χ2v) is 7.87. The largest absolute Gasteiger partial charge is 0.472 e. The van der Waals surface area contributed by atoms with Gasteiger partial charge in [-0.25, -0.2) is 4.79 Å². The van der Waals surface area contributed by atoms with Crippen LogP contribution in [0.2, 0.25) is 0 Å². The molecule has 4 nitrogen and oxygen atoms in total. The van der Waals surface area contributed by atoms with Crippen molar-refractivity contribution in [2.24, 2.45) is 5.92 Å². The van der Waals surface area contributed by atoms with Crippen LogP contribution in [0.1, 0.15) is 65.4 Å². The van der Waals surface area contributed by atoms with Gasteiger partial charge in [0.15, 0.2) is 5.78 Å². The first-order valence-electron chi connectivity index (χ1n) is 10.3. The summed E-state index contributed by atoms with van der Waals surface area (Å²) in [5, 5.41) is 0. The molecule has 0 N–H and O–H groups in total. The van der Waals surface area contributed by atoms with Gasteiger partial charge in [0.1, 0.15) is 5.76 Å². The molecule has 0 aromatic carbocycles. The molecule has 29 heavy (non-hydrogen) atoms. The van der Waals surface area contributed by atoms with Gasteiger partial charge < -0.3 is 9.15 Å². The summed E-state index contributed by atoms with van der Waals surface area (Å²) in [7, 11) is 0. The highest BCUT2D eigenvalue weighted by Crippen LogP contribution is 2.20. The van der Waals surface area contributed by atoms with Crippen LogP contribution < -0.4 is 0 Å². The van der Waals surface area contributed by atoms with E-state index in [1.807, 2.05) is 32.1 Å². The lowest BCUT2D eigenvalue weighted by Crippen LogP contribution is -2.03. The van der Waals surface area contributed by atoms with E-state index in [0.29, 0.717) is 17.8 Å². The van der Waals surface area contributed by atoms with Gasteiger partial charge in [-0.05, 0) is 88.1 Å². The van der Waals surface area contributed by atoms with Gasteiger partial charge in [-0.1, -0.05) is 24.6 Å². The van der Waals surface area contributed by atoms with E-state index in [1.165, 1.54) is 11.1 Å². The molecular formula is C25H32O4. The third-order valence-electron chi connectivity index (χ3n) is 5.10. The van der Waals surface area contributed by atoms with E-state index in [9.17, 15) is 9.59 Å². The SMILES string of the molecule is CC(=CCCc1ccoc1)CC/C=C(\C)C(=O)CC[C@@H](C)/C=C1/C=C(C)C(=O)O1. The fourth-order valence-electron chi connectivity index (χ4n) is 3.14. The standard InChI is InChI=1S/C25H32O4/c1-18(8-6-10-22-13-14-28-17-22)7-5-9-20(3)24(26)12-11-19(2)15-23-16-21(4)25(27)29-23/h8-9,13-17,19H,5-7,10-12H2,1-4H3/b18-8?,20-9+,23-15-/t19-/m1/s1. The monoisotopic (exact) mass is 396 g/mol. The van der Waals surface area contributed by atoms with Crippen LogP contribution in [0.3, 0.4) is 0 Å². The Hall–Kier alpha value is -2.62. The molecule has 1 aliphatic heterocycles. The van der Waals surface area contributed by atoms with Crippen molar-refractivity contribution in [1.82, 2.24) is 0 Å². The Morgan fingerprint density at radius 1 is 1.17 bits per heavy atom. The summed E-state index contributed by atoms with van der Waals surface area (Å²) in [4.78, 5) is 23.7. The van der Waals surface area contributed by atoms with Gasteiger partial charge in [-0.2, -0.15) is 0 Å². The van der Waals surface area contributed by atoms with Crippen LogP contribution in [0.25, 0.3) is 0 Å². The lowest BCUT2D eigenvalue weighted by molar-refractivity contribution is -0.133. The van der Waals surface area contributed by atoms with E-state index in [-0.39, 0.29) is 17.7 Å². The first-order valence-corrected chi connectivity index (χ1v) is 10.3. The average Bonchev–Trinajstić information content (AvgIpc) is 3.29. The number of hydrogen-bond donors (Lipinski definition) is 0. The normalized spacial score (nSPS) is 17.4. The maximum absolute atomic E-state index is 12.4. The molecule has 0 bridgehead atoms. The second kappa shape index (κ2) is 11.4. The number of rotatable bonds is 11. The molecular weight excluding hydrogens is 364 g/mol. The van der Waals surface area contributed by atoms with Crippen molar-refractivity contribution in [3.63, 3.8) is 0 Å². The van der Waals surface area contributed by atoms with Crippen molar-refractivity contribution in [2.75, 3.05) is 0 Å². The molecule has 2 heterocycles. The van der Waals surface area contributed by atoms with E-state index in [4.69, 9.17) is 9.15 Å². The van der Waals surface area contributed by atoms with Gasteiger partial charge >= 0.3 is 5.97 Å². The minimum Gasteiger partial charge on any atom is -0.472 e. The number of ketones is 1. The lowest BCUT2D eigenvalue weighted by atomic mass is 9.98. The molecule has 1 aromatic heterocycles. The summed E-state index contributed by atoms with van der Waals surface area (Å²) < 4.78 is 10.2. The minimum absolute atomic E-state index is 0.178. The number of ether oxygens (including phenoxy) is 1. The third kappa shape index (κ3) is 8.10. The second-order valence-electron chi connectivity index (χ2n) is 7.87. The van der Waals surface area contributed by atoms with Crippen molar-refractivity contribution in [3.8, 4) is 0 Å². The van der Waals surface area contributed by atoms with Crippen molar-refractivity contribution < 1.29 is 18.7 Å². The molecule has 2 rings (SSSR count). The van der Waals surface area contributed by atoms with E-state index < -0.39 is 0 Å². The molecule has 0 radical (unpaired) electrons. The Labute approximate surface area is 174 Å². The molecule has 1 atom stereocenters. The molecule has 0 spiro atoms. The van der Waals surface area contributed by atoms with Crippen molar-refractivity contribution in [1.29, 1.82) is 0 Å². The molecule has 0 aliphatic carbocycles. The topological polar surface area (TPSA) is 56.5 Å². The molecule has 156 valence electrons. The van der Waals surface area contributed by atoms with Gasteiger partial charge in [0.2, 0.25) is 0 Å². The van der Waals surface area contributed by atoms with Crippen LogP contribution in [0.4, 0.5) is 0 Å². The predicted octanol–water partition coefficient (Wildman–Crippen LogP) is 6.26. The van der Waals surface area contributed by atoms with Crippen LogP contribution in [0, 0.1) is 5.92 Å². The van der Waals surface area contributed by atoms with Gasteiger partial charge in [0.05, 0.1) is 12.5 Å². The Morgan fingerprint density at radius 2 is 1.97 bits per heavy atom. The molecule has 0 saturated heterocycles. The fraction of sp³-hybridized carbons (Fsp3) is 0.440. The lowest BCUT2D eigenvalue weighted by Gasteiger charge is -2.07. The Kier molecular flexibility index (Phi) is 8.91. The van der Waals surface area contributed by atoms with E-state index in [0.717, 1.165) is 37.7 Å². The molecule has 0 fully saturated rings. The maximum atomic E-state index is 12.4. The Balaban J connectivity index is 1.68. The summed E-state index contributed by atoms with van der Waals surface area (Å²) in [6.45, 7) is 7.81. The highest BCUT2D eigenvalue weighted by atomic mass is 16.5. The summed E-state index contributed by atoms with van der Waals surface area (Å²) in [6.07, 6.45) is 16.5. The fourth-order valence-corrected chi connectivity index (χ4v) is 3.14. The summed E-state index contributed by atoms with van der Waals surface area (Å²) >= 11 is 0. The van der Waals surface area contributed by atoms with Crippen molar-refractivity contribution in [3.05, 3.63) is 70.9 Å². The summed E-state index contributed by atoms with van der Waals surface area (Å²) in [6, 6.07) is 2.00. The molecule has 0 amide bonds. The van der Waals surface area contributed by atoms with Crippen LogP contribution in [0.5, 0.6) is 0 Å². The quantitative estimate of drug-likeness (QED) is 0.252. The van der Waals surface area contributed by atoms with Crippen molar-refractivity contribution >= 4 is 11.8 Å². The smallest absolute Gasteiger partial charge is 0.339 e. The number of furan rings is 1. The molecule has 4 heteroatoms. The zero-order chi connectivity index (χ0) is 21.2. The number of cyclic esters (lactones) is 1. The van der Waals surface area contributed by atoms with Crippen LogP contribution >= 0.6 is 0 Å². The first kappa shape index (κ1) is 22.7. The van der Waals surface area contributed by atoms with Crippen LogP contribution in [0.15, 0.2) is 69.8 Å². The highest BCUT2D eigenvalue weighted by molar-refractivity contribution is 5.94. The van der Waals surface area contributed by atoms with Crippen molar-refractivity contribution in [2.45, 2.75) is 66.2 Å². The third-order valence-corrected chi connectivity index (χ3v) is 5.10. The zero-order valence-electron chi connectivity index (χ0n) is 18.0. The molecule has 1 aromatic rings. The summed E-state index contributed by atoms with van der Waals surface area (Å²) in [5.74, 6) is 0.669. The number of allylic oxidation sites excluding steroid dienone is 6. The van der Waals surface area contributed by atoms with Crippen LogP contribution in [-0.4, -0.2) is 11.8 Å². The van der Waals surface area contributed by atoms with E-state index >= 15 is 0 Å². The molecule has 0 unspecified atom stereocenters. The minimum atomic E-state index is -0.288. The Morgan fingerprint density at radius 3 is 2.62 bits per heavy atom. The van der Waals surface area contributed by atoms with E-state index in [2.05, 4.69) is 13.0 Å². The Bertz CT molecular complexity index is 819. The number of Topliss-reactive ketones (excluding diaryl/α,β-unsaturated/α-hetero) is 1. The zero-order valence-corrected chi connectivity index (χ0v) is 18.0. The first-order chi connectivity index (χ1) is 13.8. The van der Waals surface area contributed by atoms with Gasteiger partial charge in [0.25, 0.3) is 0 Å². The number of carbonyl (C=O) groups excluding carboxylic acids is 2. The number of hydrogen-bond acceptors (Lipinski definition) is 4. The number of carbonyl (C=O) groups is 2. The van der Waals surface area contributed by atoms with Gasteiger partial charge in [0, 0.05) is 12.0 Å². The average molecular weight is 397 g/mol. The number of aryl methyl sites for hydroxylation is 1. The predicted molar refractivity (Wildman–Crippen MR) is 115 cm³/mol. The van der Waals surface area contributed by atoms with Crippen LogP contribution in [-0.2, 0) is 20.7 Å². The highest BCUT2D eigenvalue weighted by Gasteiger charge is 2.17. The van der Waals surface area contributed by atoms with Gasteiger partial charge in [-0.3, -0.25) is 4.79 Å². The van der Waals surface area contributed by atoms with E-state index in [1.54, 1.807) is 25.5 Å². The maximum Gasteiger partial charge on any atom is 0.339 e. The number of esters is 1. The molecule has 0 saturated carbocycles.